The molecule has 6 nitrogen and oxygen atoms in total. The zero-order chi connectivity index (χ0) is 26.2. The first-order chi connectivity index (χ1) is 18.0. The first kappa shape index (κ1) is 26.6. The number of nitrogens with zero attached hydrogens (tertiary/aromatic N) is 2. The summed E-state index contributed by atoms with van der Waals surface area (Å²) in [7, 11) is 0. The third-order valence-corrected chi connectivity index (χ3v) is 7.15. The lowest BCUT2D eigenvalue weighted by Crippen LogP contribution is -2.25. The summed E-state index contributed by atoms with van der Waals surface area (Å²) in [6.07, 6.45) is 2.86. The first-order valence-electron chi connectivity index (χ1n) is 12.2. The standard InChI is InChI=1S/C29H28ClN3O3S/c1-2-3-7-15-33-28(36)24-14-13-22(27(35)31-18-20-9-8-12-23(30)16-20)17-25(24)32-29(33)37-19-26(34)21-10-5-4-6-11-21/h4-6,8-14,16-17H,2-3,7,15,18-19H2,1H3,(H,31,35). The number of rotatable bonds is 11. The molecule has 0 saturated carbocycles. The van der Waals surface area contributed by atoms with E-state index in [1.54, 1.807) is 47.0 Å². The molecule has 8 heteroatoms. The normalized spacial score (nSPS) is 11.0. The van der Waals surface area contributed by atoms with Crippen LogP contribution in [0.1, 0.15) is 52.5 Å². The second kappa shape index (κ2) is 12.7. The Bertz CT molecular complexity index is 1470. The van der Waals surface area contributed by atoms with Crippen LogP contribution in [-0.2, 0) is 13.1 Å². The smallest absolute Gasteiger partial charge is 0.262 e. The van der Waals surface area contributed by atoms with Gasteiger partial charge in [0, 0.05) is 29.2 Å². The Hall–Kier alpha value is -3.42. The van der Waals surface area contributed by atoms with E-state index in [2.05, 4.69) is 12.2 Å². The van der Waals surface area contributed by atoms with Gasteiger partial charge in [0.2, 0.25) is 0 Å². The summed E-state index contributed by atoms with van der Waals surface area (Å²) in [5.74, 6) is -0.145. The second-order valence-electron chi connectivity index (χ2n) is 8.68. The fourth-order valence-corrected chi connectivity index (χ4v) is 5.07. The molecule has 0 aliphatic carbocycles. The molecular weight excluding hydrogens is 506 g/mol. The van der Waals surface area contributed by atoms with Crippen molar-refractivity contribution in [2.45, 2.75) is 44.4 Å². The predicted molar refractivity (Wildman–Crippen MR) is 150 cm³/mol. The average Bonchev–Trinajstić information content (AvgIpc) is 2.92. The van der Waals surface area contributed by atoms with E-state index in [9.17, 15) is 14.4 Å². The number of ketones is 1. The number of nitrogens with one attached hydrogen (secondary N) is 1. The van der Waals surface area contributed by atoms with E-state index in [4.69, 9.17) is 16.6 Å². The molecule has 0 bridgehead atoms. The number of hydrogen-bond donors (Lipinski definition) is 1. The van der Waals surface area contributed by atoms with Gasteiger partial charge in [0.1, 0.15) is 0 Å². The van der Waals surface area contributed by atoms with Crippen molar-refractivity contribution in [2.24, 2.45) is 0 Å². The van der Waals surface area contributed by atoms with Gasteiger partial charge in [-0.2, -0.15) is 0 Å². The Morgan fingerprint density at radius 3 is 2.54 bits per heavy atom. The number of hydrogen-bond acceptors (Lipinski definition) is 5. The largest absolute Gasteiger partial charge is 0.348 e. The third kappa shape index (κ3) is 6.87. The highest BCUT2D eigenvalue weighted by atomic mass is 35.5. The lowest BCUT2D eigenvalue weighted by atomic mass is 10.1. The third-order valence-electron chi connectivity index (χ3n) is 5.94. The van der Waals surface area contributed by atoms with Gasteiger partial charge in [0.25, 0.3) is 11.5 Å². The zero-order valence-electron chi connectivity index (χ0n) is 20.6. The highest BCUT2D eigenvalue weighted by Crippen LogP contribution is 2.21. The summed E-state index contributed by atoms with van der Waals surface area (Å²) in [5, 5.41) is 4.41. The topological polar surface area (TPSA) is 81.1 Å². The van der Waals surface area contributed by atoms with E-state index >= 15 is 0 Å². The van der Waals surface area contributed by atoms with Gasteiger partial charge in [-0.3, -0.25) is 19.0 Å². The molecule has 3 aromatic carbocycles. The average molecular weight is 534 g/mol. The first-order valence-corrected chi connectivity index (χ1v) is 13.6. The Labute approximate surface area is 225 Å². The quantitative estimate of drug-likeness (QED) is 0.108. The van der Waals surface area contributed by atoms with Crippen molar-refractivity contribution in [3.63, 3.8) is 0 Å². The van der Waals surface area contributed by atoms with Crippen LogP contribution in [0.15, 0.2) is 82.7 Å². The molecule has 0 saturated heterocycles. The van der Waals surface area contributed by atoms with Gasteiger partial charge in [0.15, 0.2) is 10.9 Å². The molecule has 0 spiro atoms. The molecule has 1 N–H and O–H groups in total. The summed E-state index contributed by atoms with van der Waals surface area (Å²) in [6.45, 7) is 2.96. The molecule has 4 aromatic rings. The van der Waals surface area contributed by atoms with Crippen LogP contribution in [-0.4, -0.2) is 27.0 Å². The number of unbranched alkanes of at least 4 members (excludes halogenated alkanes) is 2. The van der Waals surface area contributed by atoms with E-state index in [1.165, 1.54) is 11.8 Å². The monoisotopic (exact) mass is 533 g/mol. The Morgan fingerprint density at radius 1 is 0.973 bits per heavy atom. The molecule has 0 fully saturated rings. The number of halogens is 1. The summed E-state index contributed by atoms with van der Waals surface area (Å²) >= 11 is 7.28. The van der Waals surface area contributed by atoms with Gasteiger partial charge in [-0.05, 0) is 42.3 Å². The minimum atomic E-state index is -0.274. The highest BCUT2D eigenvalue weighted by molar-refractivity contribution is 7.99. The maximum Gasteiger partial charge on any atom is 0.262 e. The van der Waals surface area contributed by atoms with Crippen LogP contribution in [0.2, 0.25) is 5.02 Å². The molecule has 0 unspecified atom stereocenters. The van der Waals surface area contributed by atoms with Crippen LogP contribution < -0.4 is 10.9 Å². The fourth-order valence-electron chi connectivity index (χ4n) is 3.94. The summed E-state index contributed by atoms with van der Waals surface area (Å²) in [5.41, 5.74) is 2.18. The number of carbonyl (C=O) groups excluding carboxylic acids is 2. The van der Waals surface area contributed by atoms with Crippen LogP contribution in [0.4, 0.5) is 0 Å². The van der Waals surface area contributed by atoms with Crippen LogP contribution in [0, 0.1) is 0 Å². The molecule has 0 aliphatic rings. The number of thioether (sulfide) groups is 1. The van der Waals surface area contributed by atoms with Crippen molar-refractivity contribution >= 4 is 46.0 Å². The molecule has 1 aromatic heterocycles. The Kier molecular flexibility index (Phi) is 9.14. The van der Waals surface area contributed by atoms with Gasteiger partial charge in [-0.25, -0.2) is 4.98 Å². The number of amides is 1. The number of carbonyl (C=O) groups is 2. The van der Waals surface area contributed by atoms with Crippen LogP contribution in [0.5, 0.6) is 0 Å². The molecule has 4 rings (SSSR count). The second-order valence-corrected chi connectivity index (χ2v) is 10.1. The Balaban J connectivity index is 1.59. The molecule has 0 atom stereocenters. The van der Waals surface area contributed by atoms with E-state index in [0.29, 0.717) is 45.3 Å². The van der Waals surface area contributed by atoms with E-state index in [1.807, 2.05) is 30.3 Å². The lowest BCUT2D eigenvalue weighted by Gasteiger charge is -2.13. The minimum absolute atomic E-state index is 0.0332. The number of Topliss-reactive ketones (excluding diaryl/α,β-unsaturated/α-hetero) is 1. The molecule has 0 aliphatic heterocycles. The summed E-state index contributed by atoms with van der Waals surface area (Å²) in [6, 6.07) is 21.3. The SMILES string of the molecule is CCCCCn1c(SCC(=O)c2ccccc2)nc2cc(C(=O)NCc3cccc(Cl)c3)ccc2c1=O. The van der Waals surface area contributed by atoms with Crippen molar-refractivity contribution in [1.29, 1.82) is 0 Å². The molecular formula is C29H28ClN3O3S. The van der Waals surface area contributed by atoms with Crippen molar-refractivity contribution in [2.75, 3.05) is 5.75 Å². The predicted octanol–water partition coefficient (Wildman–Crippen LogP) is 6.15. The molecule has 1 heterocycles. The molecule has 1 amide bonds. The van der Waals surface area contributed by atoms with Crippen LogP contribution in [0.25, 0.3) is 10.9 Å². The summed E-state index contributed by atoms with van der Waals surface area (Å²) in [4.78, 5) is 43.6. The Morgan fingerprint density at radius 2 is 1.78 bits per heavy atom. The van der Waals surface area contributed by atoms with E-state index in [-0.39, 0.29) is 23.0 Å². The minimum Gasteiger partial charge on any atom is -0.348 e. The van der Waals surface area contributed by atoms with Crippen molar-refractivity contribution in [3.8, 4) is 0 Å². The van der Waals surface area contributed by atoms with Gasteiger partial charge >= 0.3 is 0 Å². The van der Waals surface area contributed by atoms with Gasteiger partial charge in [0.05, 0.1) is 16.7 Å². The molecule has 37 heavy (non-hydrogen) atoms. The fraction of sp³-hybridized carbons (Fsp3) is 0.241. The lowest BCUT2D eigenvalue weighted by molar-refractivity contribution is 0.0950. The van der Waals surface area contributed by atoms with Crippen molar-refractivity contribution in [1.82, 2.24) is 14.9 Å². The van der Waals surface area contributed by atoms with E-state index < -0.39 is 0 Å². The number of benzene rings is 3. The van der Waals surface area contributed by atoms with Crippen LogP contribution >= 0.6 is 23.4 Å². The molecule has 0 radical (unpaired) electrons. The van der Waals surface area contributed by atoms with Gasteiger partial charge < -0.3 is 5.32 Å². The zero-order valence-corrected chi connectivity index (χ0v) is 22.1. The maximum atomic E-state index is 13.4. The van der Waals surface area contributed by atoms with Gasteiger partial charge in [-0.15, -0.1) is 0 Å². The van der Waals surface area contributed by atoms with E-state index in [0.717, 1.165) is 24.8 Å². The van der Waals surface area contributed by atoms with Crippen molar-refractivity contribution in [3.05, 3.63) is 105 Å². The van der Waals surface area contributed by atoms with Gasteiger partial charge in [-0.1, -0.05) is 85.6 Å². The maximum absolute atomic E-state index is 13.4. The summed E-state index contributed by atoms with van der Waals surface area (Å²) < 4.78 is 1.65. The van der Waals surface area contributed by atoms with Crippen LogP contribution in [0.3, 0.4) is 0 Å². The highest BCUT2D eigenvalue weighted by Gasteiger charge is 2.16. The molecule has 190 valence electrons. The number of aromatic nitrogens is 2. The van der Waals surface area contributed by atoms with Crippen molar-refractivity contribution < 1.29 is 9.59 Å². The number of fused-ring (bicyclic) bond motifs is 1.